The van der Waals surface area contributed by atoms with Gasteiger partial charge in [-0.15, -0.1) is 0 Å². The topological polar surface area (TPSA) is 38.0 Å². The highest BCUT2D eigenvalue weighted by Crippen LogP contribution is 2.27. The van der Waals surface area contributed by atoms with Crippen molar-refractivity contribution in [2.24, 2.45) is 5.84 Å². The van der Waals surface area contributed by atoms with E-state index >= 15 is 0 Å². The molecule has 2 aromatic carbocycles. The molecular weight excluding hydrogens is 317 g/mol. The maximum atomic E-state index is 13.7. The molecule has 6 heteroatoms. The lowest BCUT2D eigenvalue weighted by molar-refractivity contribution is 0.484. The molecular formula is C15H14Cl2F2N2. The SMILES string of the molecule is NNC(Cc1cccc(Cl)c1Cl)Cc1c(F)cccc1F. The summed E-state index contributed by atoms with van der Waals surface area (Å²) in [5.41, 5.74) is 3.33. The van der Waals surface area contributed by atoms with Gasteiger partial charge in [0.2, 0.25) is 0 Å². The molecule has 3 N–H and O–H groups in total. The molecule has 0 bridgehead atoms. The normalized spacial score (nSPS) is 12.4. The van der Waals surface area contributed by atoms with Crippen LogP contribution in [0, 0.1) is 11.6 Å². The van der Waals surface area contributed by atoms with Crippen molar-refractivity contribution in [2.45, 2.75) is 18.9 Å². The molecule has 2 aromatic rings. The number of nitrogens with one attached hydrogen (secondary N) is 1. The van der Waals surface area contributed by atoms with Gasteiger partial charge in [0, 0.05) is 11.6 Å². The summed E-state index contributed by atoms with van der Waals surface area (Å²) in [7, 11) is 0. The summed E-state index contributed by atoms with van der Waals surface area (Å²) in [6, 6.07) is 8.64. The van der Waals surface area contributed by atoms with E-state index in [1.165, 1.54) is 18.2 Å². The van der Waals surface area contributed by atoms with Crippen molar-refractivity contribution in [3.05, 3.63) is 69.2 Å². The van der Waals surface area contributed by atoms with Crippen LogP contribution in [0.1, 0.15) is 11.1 Å². The quantitative estimate of drug-likeness (QED) is 0.644. The molecule has 0 heterocycles. The Labute approximate surface area is 131 Å². The second kappa shape index (κ2) is 7.18. The lowest BCUT2D eigenvalue weighted by Gasteiger charge is -2.18. The maximum absolute atomic E-state index is 13.7. The fourth-order valence-electron chi connectivity index (χ4n) is 2.14. The second-order valence-corrected chi connectivity index (χ2v) is 5.47. The van der Waals surface area contributed by atoms with Crippen LogP contribution < -0.4 is 11.3 Å². The van der Waals surface area contributed by atoms with Gasteiger partial charge in [-0.25, -0.2) is 8.78 Å². The highest BCUT2D eigenvalue weighted by Gasteiger charge is 2.17. The average molecular weight is 331 g/mol. The van der Waals surface area contributed by atoms with E-state index in [4.69, 9.17) is 29.0 Å². The molecule has 0 aliphatic rings. The first kappa shape index (κ1) is 16.2. The summed E-state index contributed by atoms with van der Waals surface area (Å²) in [5, 5.41) is 0.857. The van der Waals surface area contributed by atoms with Gasteiger partial charge in [-0.1, -0.05) is 41.4 Å². The van der Waals surface area contributed by atoms with Crippen LogP contribution in [0.4, 0.5) is 8.78 Å². The van der Waals surface area contributed by atoms with Crippen LogP contribution in [0.5, 0.6) is 0 Å². The predicted molar refractivity (Wildman–Crippen MR) is 81.3 cm³/mol. The number of benzene rings is 2. The summed E-state index contributed by atoms with van der Waals surface area (Å²) >= 11 is 12.1. The first-order valence-corrected chi connectivity index (χ1v) is 7.10. The highest BCUT2D eigenvalue weighted by molar-refractivity contribution is 6.42. The summed E-state index contributed by atoms with van der Waals surface area (Å²) < 4.78 is 27.3. The van der Waals surface area contributed by atoms with Gasteiger partial charge < -0.3 is 0 Å². The molecule has 0 aliphatic heterocycles. The molecule has 0 saturated heterocycles. The highest BCUT2D eigenvalue weighted by atomic mass is 35.5. The van der Waals surface area contributed by atoms with E-state index in [1.807, 2.05) is 0 Å². The Kier molecular flexibility index (Phi) is 5.53. The molecule has 0 amide bonds. The van der Waals surface area contributed by atoms with Crippen molar-refractivity contribution in [3.63, 3.8) is 0 Å². The largest absolute Gasteiger partial charge is 0.271 e. The monoisotopic (exact) mass is 330 g/mol. The second-order valence-electron chi connectivity index (χ2n) is 4.68. The number of rotatable bonds is 5. The van der Waals surface area contributed by atoms with Crippen LogP contribution in [0.15, 0.2) is 36.4 Å². The number of hydrogen-bond acceptors (Lipinski definition) is 2. The van der Waals surface area contributed by atoms with Crippen LogP contribution in [0.25, 0.3) is 0 Å². The third-order valence-electron chi connectivity index (χ3n) is 3.25. The predicted octanol–water partition coefficient (Wildman–Crippen LogP) is 3.89. The smallest absolute Gasteiger partial charge is 0.129 e. The summed E-state index contributed by atoms with van der Waals surface area (Å²) in [6.45, 7) is 0. The Bertz CT molecular complexity index is 615. The molecule has 0 aliphatic carbocycles. The van der Waals surface area contributed by atoms with Gasteiger partial charge in [0.15, 0.2) is 0 Å². The lowest BCUT2D eigenvalue weighted by atomic mass is 9.98. The fourth-order valence-corrected chi connectivity index (χ4v) is 2.53. The van der Waals surface area contributed by atoms with Crippen molar-refractivity contribution in [3.8, 4) is 0 Å². The Morgan fingerprint density at radius 1 is 1.00 bits per heavy atom. The van der Waals surface area contributed by atoms with E-state index < -0.39 is 11.6 Å². The van der Waals surface area contributed by atoms with E-state index in [-0.39, 0.29) is 18.0 Å². The van der Waals surface area contributed by atoms with E-state index in [9.17, 15) is 8.78 Å². The molecule has 1 unspecified atom stereocenters. The van der Waals surface area contributed by atoms with Crippen LogP contribution in [-0.4, -0.2) is 6.04 Å². The molecule has 0 radical (unpaired) electrons. The van der Waals surface area contributed by atoms with Crippen LogP contribution in [0.2, 0.25) is 10.0 Å². The Hall–Kier alpha value is -1.20. The Morgan fingerprint density at radius 3 is 2.24 bits per heavy atom. The first-order chi connectivity index (χ1) is 10.0. The van der Waals surface area contributed by atoms with Crippen molar-refractivity contribution < 1.29 is 8.78 Å². The van der Waals surface area contributed by atoms with Crippen molar-refractivity contribution in [1.29, 1.82) is 0 Å². The Morgan fingerprint density at radius 2 is 1.62 bits per heavy atom. The average Bonchev–Trinajstić information content (AvgIpc) is 2.46. The van der Waals surface area contributed by atoms with Gasteiger partial charge in [-0.2, -0.15) is 0 Å². The molecule has 0 saturated carbocycles. The first-order valence-electron chi connectivity index (χ1n) is 6.34. The van der Waals surface area contributed by atoms with Gasteiger partial charge in [0.1, 0.15) is 11.6 Å². The van der Waals surface area contributed by atoms with Gasteiger partial charge in [-0.05, 0) is 36.6 Å². The molecule has 0 fully saturated rings. The van der Waals surface area contributed by atoms with E-state index in [1.54, 1.807) is 18.2 Å². The van der Waals surface area contributed by atoms with Crippen LogP contribution >= 0.6 is 23.2 Å². The minimum absolute atomic E-state index is 0.00130. The number of hydrazine groups is 1. The van der Waals surface area contributed by atoms with Crippen molar-refractivity contribution in [1.82, 2.24) is 5.43 Å². The third-order valence-corrected chi connectivity index (χ3v) is 4.10. The van der Waals surface area contributed by atoms with Gasteiger partial charge in [0.05, 0.1) is 10.0 Å². The molecule has 2 nitrogen and oxygen atoms in total. The van der Waals surface area contributed by atoms with E-state index in [2.05, 4.69) is 5.43 Å². The number of nitrogens with two attached hydrogens (primary N) is 1. The van der Waals surface area contributed by atoms with Crippen molar-refractivity contribution in [2.75, 3.05) is 0 Å². The zero-order valence-electron chi connectivity index (χ0n) is 11.0. The third kappa shape index (κ3) is 3.92. The van der Waals surface area contributed by atoms with Crippen LogP contribution in [0.3, 0.4) is 0 Å². The standard InChI is InChI=1S/C15H14Cl2F2N2/c16-12-4-1-3-9(15(12)17)7-10(21-20)8-11-13(18)5-2-6-14(11)19/h1-6,10,21H,7-8,20H2. The minimum atomic E-state index is -0.590. The fraction of sp³-hybridized carbons (Fsp3) is 0.200. The number of hydrogen-bond donors (Lipinski definition) is 2. The molecule has 1 atom stereocenters. The summed E-state index contributed by atoms with van der Waals surface area (Å²) in [5.74, 6) is 4.31. The molecule has 0 aromatic heterocycles. The lowest BCUT2D eigenvalue weighted by Crippen LogP contribution is -2.39. The van der Waals surface area contributed by atoms with Crippen LogP contribution in [-0.2, 0) is 12.8 Å². The van der Waals surface area contributed by atoms with E-state index in [0.29, 0.717) is 16.5 Å². The zero-order chi connectivity index (χ0) is 15.4. The molecule has 0 spiro atoms. The zero-order valence-corrected chi connectivity index (χ0v) is 12.6. The molecule has 21 heavy (non-hydrogen) atoms. The molecule has 112 valence electrons. The van der Waals surface area contributed by atoms with E-state index in [0.717, 1.165) is 5.56 Å². The minimum Gasteiger partial charge on any atom is -0.271 e. The number of halogens is 4. The van der Waals surface area contributed by atoms with Gasteiger partial charge >= 0.3 is 0 Å². The molecule has 2 rings (SSSR count). The Balaban J connectivity index is 2.19. The summed E-state index contributed by atoms with van der Waals surface area (Å²) in [4.78, 5) is 0. The van der Waals surface area contributed by atoms with Gasteiger partial charge in [0.25, 0.3) is 0 Å². The maximum Gasteiger partial charge on any atom is 0.129 e. The van der Waals surface area contributed by atoms with Gasteiger partial charge in [-0.3, -0.25) is 11.3 Å². The summed E-state index contributed by atoms with van der Waals surface area (Å²) in [6.07, 6.45) is 0.515. The van der Waals surface area contributed by atoms with Crippen molar-refractivity contribution >= 4 is 23.2 Å².